The van der Waals surface area contributed by atoms with Gasteiger partial charge in [-0.2, -0.15) is 10.1 Å². The van der Waals surface area contributed by atoms with E-state index in [1.165, 1.54) is 0 Å². The van der Waals surface area contributed by atoms with Crippen molar-refractivity contribution in [3.8, 4) is 11.5 Å². The fraction of sp³-hybridized carbons (Fsp3) is 0.286. The van der Waals surface area contributed by atoms with Gasteiger partial charge in [-0.3, -0.25) is 5.10 Å². The molecule has 0 radical (unpaired) electrons. The number of hydrogen-bond donors (Lipinski definition) is 2. The first-order valence-corrected chi connectivity index (χ1v) is 3.85. The molecule has 1 unspecified atom stereocenters. The van der Waals surface area contributed by atoms with E-state index in [1.54, 1.807) is 19.3 Å². The van der Waals surface area contributed by atoms with Gasteiger partial charge in [-0.15, -0.1) is 0 Å². The molecule has 0 saturated carbocycles. The van der Waals surface area contributed by atoms with Crippen LogP contribution in [0.25, 0.3) is 11.5 Å². The molecule has 2 rings (SSSR count). The maximum absolute atomic E-state index is 5.57. The van der Waals surface area contributed by atoms with Gasteiger partial charge in [0.15, 0.2) is 5.82 Å². The van der Waals surface area contributed by atoms with Gasteiger partial charge >= 0.3 is 0 Å². The quantitative estimate of drug-likeness (QED) is 0.699. The fourth-order valence-corrected chi connectivity index (χ4v) is 0.905. The second-order valence-electron chi connectivity index (χ2n) is 2.73. The predicted octanol–water partition coefficient (Wildman–Crippen LogP) is 0.479. The van der Waals surface area contributed by atoms with Crippen LogP contribution in [0.5, 0.6) is 0 Å². The summed E-state index contributed by atoms with van der Waals surface area (Å²) in [6.45, 7) is 1.80. The molecule has 0 aromatic carbocycles. The van der Waals surface area contributed by atoms with Crippen LogP contribution in [0.3, 0.4) is 0 Å². The highest BCUT2D eigenvalue weighted by Crippen LogP contribution is 2.16. The van der Waals surface area contributed by atoms with Crippen molar-refractivity contribution in [3.63, 3.8) is 0 Å². The Hall–Kier alpha value is -1.69. The number of nitrogens with zero attached hydrogens (tertiary/aromatic N) is 3. The van der Waals surface area contributed by atoms with Crippen LogP contribution in [0, 0.1) is 0 Å². The van der Waals surface area contributed by atoms with Crippen molar-refractivity contribution in [3.05, 3.63) is 18.2 Å². The third-order valence-electron chi connectivity index (χ3n) is 1.59. The summed E-state index contributed by atoms with van der Waals surface area (Å²) in [5, 5.41) is 10.1. The van der Waals surface area contributed by atoms with Crippen molar-refractivity contribution in [2.75, 3.05) is 0 Å². The Morgan fingerprint density at radius 3 is 3.00 bits per heavy atom. The van der Waals surface area contributed by atoms with Crippen molar-refractivity contribution in [1.82, 2.24) is 20.3 Å². The Balaban J connectivity index is 2.33. The van der Waals surface area contributed by atoms with Crippen molar-refractivity contribution in [2.24, 2.45) is 5.73 Å². The zero-order valence-corrected chi connectivity index (χ0v) is 7.06. The summed E-state index contributed by atoms with van der Waals surface area (Å²) in [4.78, 5) is 4.09. The molecule has 3 N–H and O–H groups in total. The van der Waals surface area contributed by atoms with Gasteiger partial charge in [-0.25, -0.2) is 0 Å². The van der Waals surface area contributed by atoms with E-state index in [0.717, 1.165) is 5.56 Å². The van der Waals surface area contributed by atoms with Gasteiger partial charge in [-0.1, -0.05) is 5.16 Å². The molecule has 0 aliphatic rings. The highest BCUT2D eigenvalue weighted by Gasteiger charge is 2.11. The topological polar surface area (TPSA) is 93.6 Å². The van der Waals surface area contributed by atoms with Gasteiger partial charge in [0.05, 0.1) is 17.8 Å². The molecule has 0 amide bonds. The second-order valence-corrected chi connectivity index (χ2v) is 2.73. The number of hydrogen-bond acceptors (Lipinski definition) is 5. The van der Waals surface area contributed by atoms with Gasteiger partial charge < -0.3 is 10.3 Å². The minimum Gasteiger partial charge on any atom is -0.334 e. The first kappa shape index (κ1) is 7.93. The van der Waals surface area contributed by atoms with Crippen LogP contribution in [0.1, 0.15) is 18.8 Å². The van der Waals surface area contributed by atoms with Gasteiger partial charge in [0.2, 0.25) is 0 Å². The van der Waals surface area contributed by atoms with Crippen molar-refractivity contribution in [2.45, 2.75) is 13.0 Å². The molecule has 2 aromatic heterocycles. The summed E-state index contributed by atoms with van der Waals surface area (Å²) in [7, 11) is 0. The molecule has 2 aromatic rings. The predicted molar refractivity (Wildman–Crippen MR) is 44.5 cm³/mol. The molecule has 0 fully saturated rings. The zero-order valence-electron chi connectivity index (χ0n) is 7.06. The maximum atomic E-state index is 5.57. The van der Waals surface area contributed by atoms with E-state index in [1.807, 2.05) is 0 Å². The van der Waals surface area contributed by atoms with E-state index in [4.69, 9.17) is 10.3 Å². The van der Waals surface area contributed by atoms with Crippen LogP contribution in [-0.4, -0.2) is 20.3 Å². The molecule has 0 aliphatic carbocycles. The Labute approximate surface area is 74.1 Å². The summed E-state index contributed by atoms with van der Waals surface area (Å²) in [6.07, 6.45) is 3.29. The van der Waals surface area contributed by atoms with Crippen LogP contribution in [0.4, 0.5) is 0 Å². The van der Waals surface area contributed by atoms with Gasteiger partial charge in [0.1, 0.15) is 0 Å². The summed E-state index contributed by atoms with van der Waals surface area (Å²) < 4.78 is 4.97. The number of aromatic nitrogens is 4. The highest BCUT2D eigenvalue weighted by atomic mass is 16.5. The first-order valence-electron chi connectivity index (χ1n) is 3.85. The molecular formula is C7H9N5O. The molecule has 0 aliphatic heterocycles. The molecule has 0 saturated heterocycles. The number of nitrogens with one attached hydrogen (secondary N) is 1. The molecule has 0 spiro atoms. The van der Waals surface area contributed by atoms with E-state index in [9.17, 15) is 0 Å². The number of rotatable bonds is 2. The van der Waals surface area contributed by atoms with E-state index >= 15 is 0 Å². The number of nitrogens with two attached hydrogens (primary N) is 1. The second kappa shape index (κ2) is 2.98. The standard InChI is InChI=1S/C7H9N5O/c1-4(8)6-11-7(13-12-6)5-2-9-10-3-5/h2-4H,8H2,1H3,(H,9,10). The average molecular weight is 179 g/mol. The molecule has 1 atom stereocenters. The van der Waals surface area contributed by atoms with Crippen LogP contribution < -0.4 is 5.73 Å². The lowest BCUT2D eigenvalue weighted by atomic mass is 10.3. The van der Waals surface area contributed by atoms with E-state index in [2.05, 4.69) is 20.3 Å². The molecule has 13 heavy (non-hydrogen) atoms. The van der Waals surface area contributed by atoms with Crippen molar-refractivity contribution in [1.29, 1.82) is 0 Å². The van der Waals surface area contributed by atoms with E-state index in [-0.39, 0.29) is 6.04 Å². The Bertz CT molecular complexity index is 377. The minimum absolute atomic E-state index is 0.218. The van der Waals surface area contributed by atoms with Crippen LogP contribution in [0.2, 0.25) is 0 Å². The van der Waals surface area contributed by atoms with E-state index < -0.39 is 0 Å². The van der Waals surface area contributed by atoms with Crippen LogP contribution in [-0.2, 0) is 0 Å². The maximum Gasteiger partial charge on any atom is 0.261 e. The number of aromatic amines is 1. The largest absolute Gasteiger partial charge is 0.334 e. The lowest BCUT2D eigenvalue weighted by Gasteiger charge is -1.92. The Morgan fingerprint density at radius 2 is 2.46 bits per heavy atom. The van der Waals surface area contributed by atoms with Crippen molar-refractivity contribution < 1.29 is 4.52 Å². The van der Waals surface area contributed by atoms with Gasteiger partial charge in [0.25, 0.3) is 5.89 Å². The lowest BCUT2D eigenvalue weighted by Crippen LogP contribution is -2.06. The molecule has 68 valence electrons. The SMILES string of the molecule is CC(N)c1noc(-c2cn[nH]c2)n1. The van der Waals surface area contributed by atoms with Crippen molar-refractivity contribution >= 4 is 0 Å². The zero-order chi connectivity index (χ0) is 9.26. The van der Waals surface area contributed by atoms with Gasteiger partial charge in [0, 0.05) is 6.20 Å². The number of H-pyrrole nitrogens is 1. The Kier molecular flexibility index (Phi) is 1.82. The monoisotopic (exact) mass is 179 g/mol. The smallest absolute Gasteiger partial charge is 0.261 e. The minimum atomic E-state index is -0.218. The van der Waals surface area contributed by atoms with Crippen LogP contribution >= 0.6 is 0 Å². The molecular weight excluding hydrogens is 170 g/mol. The summed E-state index contributed by atoms with van der Waals surface area (Å²) in [6, 6.07) is -0.218. The Morgan fingerprint density at radius 1 is 1.62 bits per heavy atom. The lowest BCUT2D eigenvalue weighted by molar-refractivity contribution is 0.418. The normalized spacial score (nSPS) is 13.1. The first-order chi connectivity index (χ1) is 6.27. The highest BCUT2D eigenvalue weighted by molar-refractivity contribution is 5.48. The van der Waals surface area contributed by atoms with Gasteiger partial charge in [-0.05, 0) is 6.92 Å². The van der Waals surface area contributed by atoms with Crippen LogP contribution in [0.15, 0.2) is 16.9 Å². The summed E-state index contributed by atoms with van der Waals surface area (Å²) >= 11 is 0. The average Bonchev–Trinajstić information content (AvgIpc) is 2.75. The summed E-state index contributed by atoms with van der Waals surface area (Å²) in [5.41, 5.74) is 6.34. The molecule has 0 bridgehead atoms. The molecule has 2 heterocycles. The third kappa shape index (κ3) is 1.43. The third-order valence-corrected chi connectivity index (χ3v) is 1.59. The van der Waals surface area contributed by atoms with E-state index in [0.29, 0.717) is 11.7 Å². The fourth-order valence-electron chi connectivity index (χ4n) is 0.905. The molecule has 6 heteroatoms. The molecule has 6 nitrogen and oxygen atoms in total. The summed E-state index contributed by atoms with van der Waals surface area (Å²) in [5.74, 6) is 0.928.